The number of hydrogen-bond acceptors (Lipinski definition) is 6. The first-order valence-electron chi connectivity index (χ1n) is 21.0. The molecule has 0 radical (unpaired) electrons. The molecular weight excluding hydrogens is 711 g/mol. The lowest BCUT2D eigenvalue weighted by Crippen LogP contribution is -2.41. The smallest absolute Gasteiger partial charge is 0.483 e. The van der Waals surface area contributed by atoms with Crippen LogP contribution in [0, 0.1) is 0 Å². The van der Waals surface area contributed by atoms with Crippen molar-refractivity contribution >= 4 is 46.8 Å². The van der Waals surface area contributed by atoms with Crippen LogP contribution >= 0.6 is 0 Å². The Balaban J connectivity index is 0.000000780. The molecule has 1 amide bonds. The summed E-state index contributed by atoms with van der Waals surface area (Å²) < 4.78 is 13.1. The Morgan fingerprint density at radius 2 is 1.58 bits per heavy atom. The zero-order valence-electron chi connectivity index (χ0n) is 34.8. The van der Waals surface area contributed by atoms with Gasteiger partial charge in [-0.15, -0.1) is 0 Å². The van der Waals surface area contributed by atoms with Gasteiger partial charge in [0.25, 0.3) is 6.47 Å². The van der Waals surface area contributed by atoms with E-state index in [0.717, 1.165) is 48.1 Å². The maximum absolute atomic E-state index is 12.9. The predicted molar refractivity (Wildman–Crippen MR) is 231 cm³/mol. The van der Waals surface area contributed by atoms with E-state index in [-0.39, 0.29) is 23.8 Å². The Hall–Kier alpha value is -4.51. The third kappa shape index (κ3) is 7.41. The van der Waals surface area contributed by atoms with E-state index in [2.05, 4.69) is 119 Å². The van der Waals surface area contributed by atoms with Gasteiger partial charge in [0.05, 0.1) is 34.8 Å². The predicted octanol–water partition coefficient (Wildman–Crippen LogP) is 9.11. The van der Waals surface area contributed by atoms with Gasteiger partial charge in [0.2, 0.25) is 5.91 Å². The fraction of sp³-hybridized carbons (Fsp3) is 0.468. The van der Waals surface area contributed by atoms with Crippen molar-refractivity contribution in [3.63, 3.8) is 0 Å². The quantitative estimate of drug-likeness (QED) is 0.117. The highest BCUT2D eigenvalue weighted by Gasteiger charge is 2.52. The number of H-pyrrole nitrogens is 1. The molecule has 1 unspecified atom stereocenters. The number of nitrogens with zero attached hydrogens (tertiary/aromatic N) is 2. The molecule has 1 spiro atoms. The monoisotopic (exact) mass is 770 g/mol. The molecule has 3 heterocycles. The van der Waals surface area contributed by atoms with Gasteiger partial charge in [-0.3, -0.25) is 9.59 Å². The molecule has 1 atom stereocenters. The second kappa shape index (κ2) is 16.4. The largest absolute Gasteiger partial charge is 0.495 e. The fourth-order valence-corrected chi connectivity index (χ4v) is 9.74. The number of aromatic nitrogens is 2. The second-order valence-electron chi connectivity index (χ2n) is 17.3. The maximum Gasteiger partial charge on any atom is 0.495 e. The summed E-state index contributed by atoms with van der Waals surface area (Å²) in [6.07, 6.45) is 10.6. The number of carbonyl (C=O) groups excluding carboxylic acids is 1. The highest BCUT2D eigenvalue weighted by molar-refractivity contribution is 6.65. The van der Waals surface area contributed by atoms with E-state index in [9.17, 15) is 4.79 Å². The van der Waals surface area contributed by atoms with Crippen LogP contribution in [0.4, 0.5) is 0 Å². The number of carbonyl (C=O) groups is 2. The van der Waals surface area contributed by atoms with Crippen LogP contribution in [0.1, 0.15) is 116 Å². The third-order valence-corrected chi connectivity index (χ3v) is 13.0. The van der Waals surface area contributed by atoms with Crippen molar-refractivity contribution < 1.29 is 24.0 Å². The summed E-state index contributed by atoms with van der Waals surface area (Å²) >= 11 is 0. The third-order valence-electron chi connectivity index (χ3n) is 13.0. The molecular formula is C47H59BN4O5. The van der Waals surface area contributed by atoms with E-state index >= 15 is 0 Å². The van der Waals surface area contributed by atoms with Crippen molar-refractivity contribution in [2.75, 3.05) is 20.1 Å². The van der Waals surface area contributed by atoms with E-state index in [1.165, 1.54) is 77.1 Å². The molecule has 3 fully saturated rings. The van der Waals surface area contributed by atoms with Crippen molar-refractivity contribution in [1.29, 1.82) is 0 Å². The molecule has 0 bridgehead atoms. The zero-order chi connectivity index (χ0) is 40.5. The summed E-state index contributed by atoms with van der Waals surface area (Å²) in [5, 5.41) is 12.3. The van der Waals surface area contributed by atoms with Crippen LogP contribution in [0.3, 0.4) is 0 Å². The summed E-state index contributed by atoms with van der Waals surface area (Å²) in [4.78, 5) is 31.9. The van der Waals surface area contributed by atoms with Gasteiger partial charge in [-0.2, -0.15) is 0 Å². The van der Waals surface area contributed by atoms with Gasteiger partial charge < -0.3 is 29.6 Å². The Bertz CT molecular complexity index is 2240. The molecule has 2 aliphatic heterocycles. The minimum atomic E-state index is -0.410. The summed E-state index contributed by atoms with van der Waals surface area (Å²) in [5.41, 5.74) is 10.8. The average molecular weight is 771 g/mol. The van der Waals surface area contributed by atoms with Crippen LogP contribution in [-0.4, -0.2) is 70.8 Å². The molecule has 4 aromatic carbocycles. The fourth-order valence-electron chi connectivity index (χ4n) is 9.74. The molecule has 1 aromatic heterocycles. The molecule has 9 rings (SSSR count). The number of rotatable bonds is 6. The summed E-state index contributed by atoms with van der Waals surface area (Å²) in [7, 11) is 1.42. The highest BCUT2D eigenvalue weighted by atomic mass is 16.7. The van der Waals surface area contributed by atoms with Crippen molar-refractivity contribution in [1.82, 2.24) is 20.2 Å². The lowest BCUT2D eigenvalue weighted by molar-refractivity contribution is -0.131. The van der Waals surface area contributed by atoms with E-state index in [0.29, 0.717) is 6.54 Å². The van der Waals surface area contributed by atoms with Gasteiger partial charge in [-0.25, -0.2) is 4.98 Å². The Kier molecular flexibility index (Phi) is 11.7. The summed E-state index contributed by atoms with van der Waals surface area (Å²) in [6.45, 7) is 13.6. The number of fused-ring (bicyclic) bond motifs is 4. The first-order chi connectivity index (χ1) is 27.4. The van der Waals surface area contributed by atoms with E-state index in [4.69, 9.17) is 24.2 Å². The van der Waals surface area contributed by atoms with E-state index < -0.39 is 18.3 Å². The SMILES string of the molecule is CCC.CNCC(=O)N1CCCC1c1nc2ccc(-c3ccc(-c4ccc(B5OC(C)(C)C(C)(C)O5)c5ccccc45)c4c3C3(CCCC3)CC4)cc2[nH]1.O=CO. The first-order valence-corrected chi connectivity index (χ1v) is 21.0. The minimum absolute atomic E-state index is 0.00188. The lowest BCUT2D eigenvalue weighted by atomic mass is 9.74. The van der Waals surface area contributed by atoms with Crippen molar-refractivity contribution in [2.24, 2.45) is 0 Å². The van der Waals surface area contributed by atoms with Gasteiger partial charge >= 0.3 is 7.12 Å². The Morgan fingerprint density at radius 3 is 2.26 bits per heavy atom. The normalized spacial score (nSPS) is 20.0. The summed E-state index contributed by atoms with van der Waals surface area (Å²) in [5.74, 6) is 1.03. The average Bonchev–Trinajstić information content (AvgIpc) is 4.03. The molecule has 57 heavy (non-hydrogen) atoms. The maximum atomic E-state index is 12.9. The van der Waals surface area contributed by atoms with Crippen LogP contribution < -0.4 is 10.8 Å². The van der Waals surface area contributed by atoms with Gasteiger partial charge in [0.15, 0.2) is 0 Å². The molecule has 10 heteroatoms. The number of amides is 1. The number of hydrogen-bond donors (Lipinski definition) is 3. The standard InChI is InChI=1S/C43H49BN4O3.C3H8.CH2O2/c1-41(2)42(3,4)51-44(50-41)34-18-17-30(29-11-6-7-12-32(29)34)31-16-15-28(39-33(31)20-23-43(39)21-8-9-22-43)27-14-19-35-36(25-27)47-40(46-35)37-13-10-24-48(37)38(49)26-45-5;1-3-2;2-1-3/h6-7,11-12,14-19,25,37,45H,8-10,13,20-24,26H2,1-5H3,(H,46,47);3H2,1-2H3;1H,(H,2,3). The molecule has 9 nitrogen and oxygen atoms in total. The highest BCUT2D eigenvalue weighted by Crippen LogP contribution is 2.55. The molecule has 3 N–H and O–H groups in total. The zero-order valence-corrected chi connectivity index (χ0v) is 34.8. The van der Waals surface area contributed by atoms with Crippen LogP contribution in [-0.2, 0) is 30.7 Å². The number of likely N-dealkylation sites (N-methyl/N-ethyl adjacent to an activating group) is 1. The molecule has 1 saturated carbocycles. The minimum Gasteiger partial charge on any atom is -0.483 e. The van der Waals surface area contributed by atoms with Crippen LogP contribution in [0.25, 0.3) is 44.1 Å². The number of nitrogens with one attached hydrogen (secondary N) is 2. The van der Waals surface area contributed by atoms with Crippen LogP contribution in [0.2, 0.25) is 0 Å². The number of benzene rings is 4. The number of carboxylic acid groups (broad SMARTS) is 1. The molecule has 2 aliphatic carbocycles. The number of likely N-dealkylation sites (tertiary alicyclic amines) is 1. The van der Waals surface area contributed by atoms with Gasteiger partial charge in [0.1, 0.15) is 5.82 Å². The molecule has 2 saturated heterocycles. The number of imidazole rings is 1. The Labute approximate surface area is 338 Å². The first kappa shape index (κ1) is 40.7. The van der Waals surface area contributed by atoms with Crippen LogP contribution in [0.15, 0.2) is 66.7 Å². The summed E-state index contributed by atoms with van der Waals surface area (Å²) in [6, 6.07) is 24.8. The van der Waals surface area contributed by atoms with Crippen LogP contribution in [0.5, 0.6) is 0 Å². The van der Waals surface area contributed by atoms with Gasteiger partial charge in [0, 0.05) is 6.54 Å². The lowest BCUT2D eigenvalue weighted by Gasteiger charge is -2.32. The molecule has 4 aliphatic rings. The van der Waals surface area contributed by atoms with Gasteiger partial charge in [-0.05, 0) is 140 Å². The molecule has 300 valence electrons. The number of aromatic amines is 1. The van der Waals surface area contributed by atoms with Gasteiger partial charge in [-0.1, -0.05) is 87.7 Å². The second-order valence-corrected chi connectivity index (χ2v) is 17.3. The van der Waals surface area contributed by atoms with Crippen molar-refractivity contribution in [3.8, 4) is 22.3 Å². The van der Waals surface area contributed by atoms with E-state index in [1.54, 1.807) is 5.56 Å². The van der Waals surface area contributed by atoms with Crippen molar-refractivity contribution in [3.05, 3.63) is 83.7 Å². The topological polar surface area (TPSA) is 117 Å². The van der Waals surface area contributed by atoms with Crippen molar-refractivity contribution in [2.45, 2.75) is 122 Å². The molecule has 5 aromatic rings. The Morgan fingerprint density at radius 1 is 0.930 bits per heavy atom. The van der Waals surface area contributed by atoms with E-state index in [1.807, 2.05) is 11.9 Å².